The fourth-order valence-corrected chi connectivity index (χ4v) is 4.36. The van der Waals surface area contributed by atoms with Crippen molar-refractivity contribution in [1.29, 1.82) is 0 Å². The SMILES string of the molecule is CCC(=O)NC(N1CC2CC(C1)c1cccc(=O)n1C2)C(Cl)(Cl)Cl. The highest BCUT2D eigenvalue weighted by molar-refractivity contribution is 6.68. The van der Waals surface area contributed by atoms with Gasteiger partial charge in [-0.3, -0.25) is 14.5 Å². The average Bonchev–Trinajstić information content (AvgIpc) is 2.52. The predicted molar refractivity (Wildman–Crippen MR) is 95.6 cm³/mol. The zero-order chi connectivity index (χ0) is 17.5. The standard InChI is InChI=1S/C16H20Cl3N3O2/c1-2-13(23)20-15(16(17,18)19)21-7-10-6-11(9-21)12-4-3-5-14(24)22(12)8-10/h3-5,10-11,15H,2,6-9H2,1H3,(H,20,23). The fourth-order valence-electron chi connectivity index (χ4n) is 3.78. The maximum atomic E-state index is 12.1. The molecule has 1 aromatic heterocycles. The van der Waals surface area contributed by atoms with E-state index in [-0.39, 0.29) is 17.4 Å². The number of likely N-dealkylation sites (tertiary alicyclic amines) is 1. The minimum Gasteiger partial charge on any atom is -0.337 e. The van der Waals surface area contributed by atoms with Crippen LogP contribution in [0.25, 0.3) is 0 Å². The Bertz CT molecular complexity index is 686. The minimum absolute atomic E-state index is 0.0351. The summed E-state index contributed by atoms with van der Waals surface area (Å²) in [6.45, 7) is 3.75. The molecule has 1 N–H and O–H groups in total. The fraction of sp³-hybridized carbons (Fsp3) is 0.625. The number of amides is 1. The molecule has 132 valence electrons. The molecule has 3 atom stereocenters. The molecule has 0 saturated carbocycles. The molecule has 24 heavy (non-hydrogen) atoms. The van der Waals surface area contributed by atoms with E-state index >= 15 is 0 Å². The van der Waals surface area contributed by atoms with Crippen LogP contribution in [0, 0.1) is 5.92 Å². The Morgan fingerprint density at radius 3 is 2.75 bits per heavy atom. The van der Waals surface area contributed by atoms with Crippen LogP contribution in [0.2, 0.25) is 0 Å². The smallest absolute Gasteiger partial charge is 0.250 e. The zero-order valence-corrected chi connectivity index (χ0v) is 15.6. The topological polar surface area (TPSA) is 54.3 Å². The lowest BCUT2D eigenvalue weighted by Gasteiger charge is -2.47. The highest BCUT2D eigenvalue weighted by Crippen LogP contribution is 2.39. The third-order valence-corrected chi connectivity index (χ3v) is 5.42. The molecule has 3 unspecified atom stereocenters. The quantitative estimate of drug-likeness (QED) is 0.804. The summed E-state index contributed by atoms with van der Waals surface area (Å²) in [7, 11) is 0. The second kappa shape index (κ2) is 6.87. The maximum absolute atomic E-state index is 12.1. The Kier molecular flexibility index (Phi) is 5.17. The number of pyridine rings is 1. The van der Waals surface area contributed by atoms with Crippen molar-refractivity contribution in [1.82, 2.24) is 14.8 Å². The molecule has 1 amide bonds. The molecule has 5 nitrogen and oxygen atoms in total. The van der Waals surface area contributed by atoms with E-state index in [0.29, 0.717) is 32.0 Å². The molecule has 0 aliphatic carbocycles. The van der Waals surface area contributed by atoms with Crippen molar-refractivity contribution in [3.63, 3.8) is 0 Å². The van der Waals surface area contributed by atoms with E-state index < -0.39 is 9.96 Å². The molecule has 0 radical (unpaired) electrons. The van der Waals surface area contributed by atoms with Gasteiger partial charge in [-0.15, -0.1) is 0 Å². The minimum atomic E-state index is -1.62. The van der Waals surface area contributed by atoms with Crippen LogP contribution < -0.4 is 10.9 Å². The van der Waals surface area contributed by atoms with E-state index in [2.05, 4.69) is 5.32 Å². The number of piperidine rings is 1. The van der Waals surface area contributed by atoms with Gasteiger partial charge in [-0.1, -0.05) is 47.8 Å². The van der Waals surface area contributed by atoms with E-state index in [1.165, 1.54) is 0 Å². The first kappa shape index (κ1) is 18.1. The van der Waals surface area contributed by atoms with E-state index in [1.807, 2.05) is 15.5 Å². The average molecular weight is 393 g/mol. The number of alkyl halides is 3. The molecule has 1 fully saturated rings. The Balaban J connectivity index is 1.87. The molecular formula is C16H20Cl3N3O2. The predicted octanol–water partition coefficient (Wildman–Crippen LogP) is 2.49. The summed E-state index contributed by atoms with van der Waals surface area (Å²) in [5, 5.41) is 2.82. The summed E-state index contributed by atoms with van der Waals surface area (Å²) in [5.74, 6) is 0.336. The first-order chi connectivity index (χ1) is 11.3. The Hall–Kier alpha value is -0.750. The Morgan fingerprint density at radius 1 is 1.33 bits per heavy atom. The van der Waals surface area contributed by atoms with Crippen LogP contribution in [0.3, 0.4) is 0 Å². The molecule has 3 heterocycles. The van der Waals surface area contributed by atoms with Crippen LogP contribution in [0.5, 0.6) is 0 Å². The van der Waals surface area contributed by atoms with Gasteiger partial charge in [0, 0.05) is 43.7 Å². The summed E-state index contributed by atoms with van der Waals surface area (Å²) >= 11 is 18.4. The highest BCUT2D eigenvalue weighted by Gasteiger charge is 2.43. The van der Waals surface area contributed by atoms with Crippen LogP contribution in [-0.4, -0.2) is 38.4 Å². The molecule has 0 spiro atoms. The molecule has 2 bridgehead atoms. The van der Waals surface area contributed by atoms with Gasteiger partial charge in [0.2, 0.25) is 9.70 Å². The first-order valence-corrected chi connectivity index (χ1v) is 9.23. The number of aromatic nitrogens is 1. The van der Waals surface area contributed by atoms with Gasteiger partial charge in [0.1, 0.15) is 6.17 Å². The number of rotatable bonds is 3. The lowest BCUT2D eigenvalue weighted by atomic mass is 9.83. The number of fused-ring (bicyclic) bond motifs is 4. The third-order valence-electron chi connectivity index (χ3n) is 4.80. The second-order valence-electron chi connectivity index (χ2n) is 6.52. The number of nitrogens with one attached hydrogen (secondary N) is 1. The van der Waals surface area contributed by atoms with Gasteiger partial charge in [0.15, 0.2) is 0 Å². The van der Waals surface area contributed by atoms with Gasteiger partial charge < -0.3 is 9.88 Å². The summed E-state index contributed by atoms with van der Waals surface area (Å²) in [4.78, 5) is 26.0. The molecule has 2 aliphatic rings. The molecule has 1 aromatic rings. The van der Waals surface area contributed by atoms with Crippen LogP contribution in [0.15, 0.2) is 23.0 Å². The number of nitrogens with zero attached hydrogens (tertiary/aromatic N) is 2. The van der Waals surface area contributed by atoms with E-state index in [1.54, 1.807) is 19.1 Å². The van der Waals surface area contributed by atoms with Crippen molar-refractivity contribution in [3.05, 3.63) is 34.2 Å². The number of carbonyl (C=O) groups excluding carboxylic acids is 1. The van der Waals surface area contributed by atoms with Gasteiger partial charge in [-0.25, -0.2) is 0 Å². The van der Waals surface area contributed by atoms with Crippen molar-refractivity contribution in [2.45, 2.75) is 42.2 Å². The number of halogens is 3. The van der Waals surface area contributed by atoms with Crippen molar-refractivity contribution < 1.29 is 4.79 Å². The van der Waals surface area contributed by atoms with Gasteiger partial charge in [0.05, 0.1) is 0 Å². The summed E-state index contributed by atoms with van der Waals surface area (Å²) in [5.41, 5.74) is 1.06. The first-order valence-electron chi connectivity index (χ1n) is 8.09. The molecule has 8 heteroatoms. The Labute approximate surface area is 155 Å². The van der Waals surface area contributed by atoms with Gasteiger partial charge in [-0.05, 0) is 18.4 Å². The summed E-state index contributed by atoms with van der Waals surface area (Å²) in [6, 6.07) is 5.37. The zero-order valence-electron chi connectivity index (χ0n) is 13.3. The summed E-state index contributed by atoms with van der Waals surface area (Å²) in [6.07, 6.45) is 0.659. The van der Waals surface area contributed by atoms with Crippen LogP contribution >= 0.6 is 34.8 Å². The number of hydrogen-bond donors (Lipinski definition) is 1. The lowest BCUT2D eigenvalue weighted by molar-refractivity contribution is -0.123. The molecule has 3 rings (SSSR count). The van der Waals surface area contributed by atoms with Crippen molar-refractivity contribution in [2.24, 2.45) is 5.92 Å². The van der Waals surface area contributed by atoms with Gasteiger partial charge in [0.25, 0.3) is 5.56 Å². The van der Waals surface area contributed by atoms with Gasteiger partial charge >= 0.3 is 0 Å². The van der Waals surface area contributed by atoms with Crippen molar-refractivity contribution in [2.75, 3.05) is 13.1 Å². The second-order valence-corrected chi connectivity index (χ2v) is 8.89. The van der Waals surface area contributed by atoms with Crippen molar-refractivity contribution >= 4 is 40.7 Å². The van der Waals surface area contributed by atoms with E-state index in [4.69, 9.17) is 34.8 Å². The molecule has 0 aromatic carbocycles. The van der Waals surface area contributed by atoms with E-state index in [9.17, 15) is 9.59 Å². The number of carbonyl (C=O) groups is 1. The summed E-state index contributed by atoms with van der Waals surface area (Å²) < 4.78 is 0.234. The lowest BCUT2D eigenvalue weighted by Crippen LogP contribution is -2.60. The maximum Gasteiger partial charge on any atom is 0.250 e. The molecule has 1 saturated heterocycles. The van der Waals surface area contributed by atoms with Crippen LogP contribution in [0.4, 0.5) is 0 Å². The largest absolute Gasteiger partial charge is 0.337 e. The molecular weight excluding hydrogens is 373 g/mol. The third kappa shape index (κ3) is 3.59. The molecule has 2 aliphatic heterocycles. The number of hydrogen-bond acceptors (Lipinski definition) is 3. The normalized spacial score (nSPS) is 25.0. The Morgan fingerprint density at radius 2 is 2.08 bits per heavy atom. The van der Waals surface area contributed by atoms with Crippen LogP contribution in [0.1, 0.15) is 31.4 Å². The van der Waals surface area contributed by atoms with Crippen LogP contribution in [-0.2, 0) is 11.3 Å². The monoisotopic (exact) mass is 391 g/mol. The van der Waals surface area contributed by atoms with Gasteiger partial charge in [-0.2, -0.15) is 0 Å². The van der Waals surface area contributed by atoms with E-state index in [0.717, 1.165) is 12.1 Å². The van der Waals surface area contributed by atoms with Crippen molar-refractivity contribution in [3.8, 4) is 0 Å². The highest BCUT2D eigenvalue weighted by atomic mass is 35.6.